The molecule has 0 aliphatic heterocycles. The van der Waals surface area contributed by atoms with Crippen molar-refractivity contribution in [1.29, 1.82) is 0 Å². The Kier molecular flexibility index (Phi) is 4.95. The lowest BCUT2D eigenvalue weighted by molar-refractivity contribution is 0.329. The van der Waals surface area contributed by atoms with Crippen LogP contribution in [0.1, 0.15) is 13.8 Å². The lowest BCUT2D eigenvalue weighted by Gasteiger charge is -2.19. The monoisotopic (exact) mass is 270 g/mol. The molecule has 0 aromatic heterocycles. The molecular formula is C4H10Cl2O5P2. The fraction of sp³-hybridized carbons (Fsp3) is 1.00. The summed E-state index contributed by atoms with van der Waals surface area (Å²) in [5.74, 6) is 0. The van der Waals surface area contributed by atoms with Crippen LogP contribution in [0.3, 0.4) is 0 Å². The number of rotatable bonds is 4. The molecule has 0 amide bonds. The maximum Gasteiger partial charge on any atom is 0.352 e. The van der Waals surface area contributed by atoms with Crippen LogP contribution in [0.25, 0.3) is 0 Å². The predicted molar refractivity (Wildman–Crippen MR) is 51.4 cm³/mol. The number of alkyl halides is 2. The molecule has 0 bridgehead atoms. The van der Waals surface area contributed by atoms with Gasteiger partial charge in [-0.1, -0.05) is 0 Å². The Hall–Kier alpha value is 0.920. The zero-order chi connectivity index (χ0) is 10.9. The summed E-state index contributed by atoms with van der Waals surface area (Å²) in [6.45, 7) is 2.36. The second-order valence-electron chi connectivity index (χ2n) is 2.36. The van der Waals surface area contributed by atoms with E-state index in [2.05, 4.69) is 4.31 Å². The van der Waals surface area contributed by atoms with Crippen LogP contribution < -0.4 is 0 Å². The smallest absolute Gasteiger partial charge is 0.323 e. The normalized spacial score (nSPS) is 25.7. The van der Waals surface area contributed by atoms with E-state index >= 15 is 0 Å². The van der Waals surface area contributed by atoms with Crippen molar-refractivity contribution in [2.45, 2.75) is 24.1 Å². The van der Waals surface area contributed by atoms with Crippen molar-refractivity contribution < 1.29 is 23.2 Å². The molecule has 0 rings (SSSR count). The highest BCUT2D eigenvalue weighted by Gasteiger charge is 2.39. The largest absolute Gasteiger partial charge is 0.352 e. The van der Waals surface area contributed by atoms with Gasteiger partial charge in [0, 0.05) is 0 Å². The molecule has 80 valence electrons. The minimum absolute atomic E-state index is 1.18. The Balaban J connectivity index is 4.63. The van der Waals surface area contributed by atoms with E-state index in [9.17, 15) is 9.13 Å². The van der Waals surface area contributed by atoms with Gasteiger partial charge in [0.15, 0.2) is 0 Å². The van der Waals surface area contributed by atoms with E-state index in [-0.39, 0.29) is 0 Å². The van der Waals surface area contributed by atoms with Crippen LogP contribution in [-0.4, -0.2) is 20.0 Å². The maximum atomic E-state index is 11.0. The van der Waals surface area contributed by atoms with Crippen LogP contribution in [0, 0.1) is 0 Å². The van der Waals surface area contributed by atoms with Gasteiger partial charge in [0.25, 0.3) is 0 Å². The SMILES string of the molecule is CC(Cl)P(=O)(O)OP(=O)(O)C(C)Cl. The van der Waals surface area contributed by atoms with Gasteiger partial charge in [-0.05, 0) is 13.8 Å². The van der Waals surface area contributed by atoms with Crippen LogP contribution >= 0.6 is 38.4 Å². The Morgan fingerprint density at radius 2 is 1.31 bits per heavy atom. The molecule has 0 saturated heterocycles. The number of hydrogen-bond acceptors (Lipinski definition) is 3. The van der Waals surface area contributed by atoms with Gasteiger partial charge in [-0.3, -0.25) is 9.13 Å². The Labute approximate surface area is 86.1 Å². The predicted octanol–water partition coefficient (Wildman–Crippen LogP) is 2.54. The third kappa shape index (κ3) is 4.30. The van der Waals surface area contributed by atoms with Crippen LogP contribution in [0.4, 0.5) is 0 Å². The Morgan fingerprint density at radius 1 is 1.08 bits per heavy atom. The van der Waals surface area contributed by atoms with Gasteiger partial charge in [-0.2, -0.15) is 0 Å². The van der Waals surface area contributed by atoms with Gasteiger partial charge in [0.05, 0.1) is 0 Å². The van der Waals surface area contributed by atoms with Crippen molar-refractivity contribution in [3.8, 4) is 0 Å². The quantitative estimate of drug-likeness (QED) is 0.606. The second-order valence-corrected chi connectivity index (χ2v) is 8.73. The average Bonchev–Trinajstić information content (AvgIpc) is 1.83. The molecule has 0 fully saturated rings. The highest BCUT2D eigenvalue weighted by atomic mass is 35.5. The van der Waals surface area contributed by atoms with Crippen molar-refractivity contribution in [1.82, 2.24) is 0 Å². The van der Waals surface area contributed by atoms with E-state index in [0.29, 0.717) is 0 Å². The molecule has 2 N–H and O–H groups in total. The van der Waals surface area contributed by atoms with Crippen LogP contribution in [0.2, 0.25) is 0 Å². The van der Waals surface area contributed by atoms with Gasteiger partial charge >= 0.3 is 15.2 Å². The fourth-order valence-electron chi connectivity index (χ4n) is 0.298. The first-order chi connectivity index (χ1) is 5.59. The lowest BCUT2D eigenvalue weighted by atomic mass is 11.0. The Bertz CT molecular complexity index is 239. The molecule has 0 radical (unpaired) electrons. The number of hydrogen-bond donors (Lipinski definition) is 2. The molecule has 0 aromatic rings. The van der Waals surface area contributed by atoms with E-state index in [0.717, 1.165) is 0 Å². The molecule has 0 aliphatic carbocycles. The molecule has 0 aromatic carbocycles. The van der Waals surface area contributed by atoms with Crippen LogP contribution in [0.15, 0.2) is 0 Å². The van der Waals surface area contributed by atoms with Gasteiger partial charge < -0.3 is 9.79 Å². The van der Waals surface area contributed by atoms with E-state index in [1.165, 1.54) is 13.8 Å². The summed E-state index contributed by atoms with van der Waals surface area (Å²) < 4.78 is 26.2. The maximum absolute atomic E-state index is 11.0. The van der Waals surface area contributed by atoms with Gasteiger partial charge in [0.2, 0.25) is 0 Å². The topological polar surface area (TPSA) is 83.8 Å². The van der Waals surface area contributed by atoms with E-state index in [1.807, 2.05) is 0 Å². The fourth-order valence-corrected chi connectivity index (χ4v) is 3.32. The Morgan fingerprint density at radius 3 is 1.46 bits per heavy atom. The first kappa shape index (κ1) is 13.9. The molecule has 0 spiro atoms. The minimum Gasteiger partial charge on any atom is -0.323 e. The summed E-state index contributed by atoms with van der Waals surface area (Å²) in [4.78, 5) is 18.0. The van der Waals surface area contributed by atoms with Gasteiger partial charge in [-0.15, -0.1) is 23.2 Å². The van der Waals surface area contributed by atoms with Crippen molar-refractivity contribution in [2.75, 3.05) is 0 Å². The molecule has 5 nitrogen and oxygen atoms in total. The van der Waals surface area contributed by atoms with Crippen molar-refractivity contribution >= 4 is 38.4 Å². The van der Waals surface area contributed by atoms with E-state index in [1.54, 1.807) is 0 Å². The molecule has 13 heavy (non-hydrogen) atoms. The summed E-state index contributed by atoms with van der Waals surface area (Å²) in [6, 6.07) is 0. The second kappa shape index (κ2) is 4.63. The summed E-state index contributed by atoms with van der Waals surface area (Å²) in [5, 5.41) is -2.52. The summed E-state index contributed by atoms with van der Waals surface area (Å²) >= 11 is 10.5. The van der Waals surface area contributed by atoms with Gasteiger partial charge in [-0.25, -0.2) is 4.31 Å². The van der Waals surface area contributed by atoms with Crippen LogP contribution in [-0.2, 0) is 13.4 Å². The summed E-state index contributed by atoms with van der Waals surface area (Å²) in [6.07, 6.45) is 0. The molecule has 4 atom stereocenters. The third-order valence-corrected chi connectivity index (χ3v) is 6.28. The first-order valence-corrected chi connectivity index (χ1v) is 7.40. The molecule has 9 heteroatoms. The molecule has 0 saturated carbocycles. The molecular weight excluding hydrogens is 261 g/mol. The van der Waals surface area contributed by atoms with Crippen LogP contribution in [0.5, 0.6) is 0 Å². The van der Waals surface area contributed by atoms with Crippen molar-refractivity contribution in [3.63, 3.8) is 0 Å². The third-order valence-electron chi connectivity index (χ3n) is 1.13. The van der Waals surface area contributed by atoms with Gasteiger partial charge in [0.1, 0.15) is 10.2 Å². The zero-order valence-electron chi connectivity index (χ0n) is 6.92. The minimum atomic E-state index is -4.27. The van der Waals surface area contributed by atoms with E-state index < -0.39 is 25.4 Å². The summed E-state index contributed by atoms with van der Waals surface area (Å²) in [7, 11) is -8.54. The molecule has 0 heterocycles. The standard InChI is InChI=1S/C4H10Cl2O5P2/c1-3(5)12(7,8)11-13(9,10)4(2)6/h3-4H,1-2H3,(H,7,8)(H,9,10). The molecule has 4 unspecified atom stereocenters. The highest BCUT2D eigenvalue weighted by molar-refractivity contribution is 7.68. The zero-order valence-corrected chi connectivity index (χ0v) is 10.2. The average molecular weight is 271 g/mol. The number of halogens is 2. The highest BCUT2D eigenvalue weighted by Crippen LogP contribution is 2.65. The van der Waals surface area contributed by atoms with Crippen molar-refractivity contribution in [2.24, 2.45) is 0 Å². The molecule has 0 aliphatic rings. The lowest BCUT2D eigenvalue weighted by Crippen LogP contribution is -2.02. The van der Waals surface area contributed by atoms with Crippen molar-refractivity contribution in [3.05, 3.63) is 0 Å². The van der Waals surface area contributed by atoms with E-state index in [4.69, 9.17) is 33.0 Å². The first-order valence-electron chi connectivity index (χ1n) is 3.24. The summed E-state index contributed by atoms with van der Waals surface area (Å²) in [5.41, 5.74) is 0.